The number of halogens is 2. The Morgan fingerprint density at radius 3 is 2.72 bits per heavy atom. The number of benzene rings is 1. The van der Waals surface area contributed by atoms with Crippen molar-refractivity contribution in [1.29, 1.82) is 0 Å². The van der Waals surface area contributed by atoms with E-state index in [1.165, 1.54) is 18.2 Å². The van der Waals surface area contributed by atoms with E-state index in [4.69, 9.17) is 5.73 Å². The Bertz CT molecular complexity index is 608. The van der Waals surface area contributed by atoms with Gasteiger partial charge in [0.25, 0.3) is 0 Å². The third-order valence-electron chi connectivity index (χ3n) is 2.59. The van der Waals surface area contributed by atoms with E-state index in [0.717, 1.165) is 5.56 Å². The van der Waals surface area contributed by atoms with Crippen LogP contribution in [0.25, 0.3) is 0 Å². The number of pyridine rings is 1. The number of rotatable bonds is 2. The fourth-order valence-corrected chi connectivity index (χ4v) is 2.21. The van der Waals surface area contributed by atoms with Crippen LogP contribution in [0.1, 0.15) is 21.5 Å². The van der Waals surface area contributed by atoms with Gasteiger partial charge in [0.15, 0.2) is 5.78 Å². The van der Waals surface area contributed by atoms with Gasteiger partial charge in [-0.3, -0.25) is 4.79 Å². The third-order valence-corrected chi connectivity index (χ3v) is 3.25. The van der Waals surface area contributed by atoms with Gasteiger partial charge in [0, 0.05) is 16.2 Å². The van der Waals surface area contributed by atoms with E-state index in [1.807, 2.05) is 0 Å². The van der Waals surface area contributed by atoms with E-state index >= 15 is 0 Å². The van der Waals surface area contributed by atoms with E-state index in [9.17, 15) is 9.18 Å². The highest BCUT2D eigenvalue weighted by Gasteiger charge is 2.18. The van der Waals surface area contributed by atoms with Crippen LogP contribution in [0.3, 0.4) is 0 Å². The van der Waals surface area contributed by atoms with E-state index in [0.29, 0.717) is 15.6 Å². The Morgan fingerprint density at radius 2 is 2.11 bits per heavy atom. The molecule has 0 aliphatic rings. The highest BCUT2D eigenvalue weighted by Crippen LogP contribution is 2.24. The molecule has 0 bridgehead atoms. The Morgan fingerprint density at radius 1 is 1.39 bits per heavy atom. The molecule has 0 fully saturated rings. The van der Waals surface area contributed by atoms with E-state index in [2.05, 4.69) is 20.9 Å². The second kappa shape index (κ2) is 4.86. The van der Waals surface area contributed by atoms with Gasteiger partial charge in [-0.05, 0) is 52.7 Å². The number of nitrogen functional groups attached to an aromatic ring is 1. The minimum absolute atomic E-state index is 0.177. The number of carbonyl (C=O) groups excluding carboxylic acids is 1. The van der Waals surface area contributed by atoms with Crippen LogP contribution in [0, 0.1) is 12.7 Å². The van der Waals surface area contributed by atoms with Crippen molar-refractivity contribution in [2.75, 3.05) is 5.73 Å². The Labute approximate surface area is 112 Å². The maximum Gasteiger partial charge on any atom is 0.198 e. The summed E-state index contributed by atoms with van der Waals surface area (Å²) in [5.41, 5.74) is 7.17. The van der Waals surface area contributed by atoms with E-state index in [-0.39, 0.29) is 11.6 Å². The first-order valence-electron chi connectivity index (χ1n) is 5.21. The summed E-state index contributed by atoms with van der Waals surface area (Å²) in [5, 5.41) is 0. The third kappa shape index (κ3) is 2.26. The van der Waals surface area contributed by atoms with E-state index in [1.54, 1.807) is 19.2 Å². The zero-order chi connectivity index (χ0) is 13.3. The zero-order valence-electron chi connectivity index (χ0n) is 9.58. The minimum Gasteiger partial charge on any atom is -0.383 e. The SMILES string of the molecule is Cc1ccnc(N)c1C(=O)c1ccc(F)cc1Br. The van der Waals surface area contributed by atoms with Crippen LogP contribution in [-0.4, -0.2) is 10.8 Å². The summed E-state index contributed by atoms with van der Waals surface area (Å²) >= 11 is 3.17. The molecule has 0 radical (unpaired) electrons. The molecular formula is C13H10BrFN2O. The van der Waals surface area contributed by atoms with Gasteiger partial charge in [-0.15, -0.1) is 0 Å². The summed E-state index contributed by atoms with van der Waals surface area (Å²) < 4.78 is 13.4. The number of hydrogen-bond acceptors (Lipinski definition) is 3. The minimum atomic E-state index is -0.408. The van der Waals surface area contributed by atoms with Gasteiger partial charge >= 0.3 is 0 Å². The van der Waals surface area contributed by atoms with Gasteiger partial charge in [0.1, 0.15) is 11.6 Å². The van der Waals surface area contributed by atoms with Gasteiger partial charge in [0.2, 0.25) is 0 Å². The predicted molar refractivity (Wildman–Crippen MR) is 70.9 cm³/mol. The van der Waals surface area contributed by atoms with Gasteiger partial charge in [-0.25, -0.2) is 9.37 Å². The molecule has 0 saturated heterocycles. The first-order chi connectivity index (χ1) is 8.50. The monoisotopic (exact) mass is 308 g/mol. The topological polar surface area (TPSA) is 56.0 Å². The number of nitrogens with two attached hydrogens (primary N) is 1. The first kappa shape index (κ1) is 12.7. The fraction of sp³-hybridized carbons (Fsp3) is 0.0769. The van der Waals surface area contributed by atoms with Crippen molar-refractivity contribution in [3.05, 3.63) is 57.4 Å². The van der Waals surface area contributed by atoms with Crippen molar-refractivity contribution in [3.8, 4) is 0 Å². The second-order valence-corrected chi connectivity index (χ2v) is 4.70. The molecule has 0 amide bonds. The van der Waals surface area contributed by atoms with Crippen LogP contribution in [0.5, 0.6) is 0 Å². The second-order valence-electron chi connectivity index (χ2n) is 3.84. The lowest BCUT2D eigenvalue weighted by molar-refractivity contribution is 0.103. The summed E-state index contributed by atoms with van der Waals surface area (Å²) in [6.07, 6.45) is 1.54. The number of hydrogen-bond donors (Lipinski definition) is 1. The summed E-state index contributed by atoms with van der Waals surface area (Å²) in [4.78, 5) is 16.2. The summed E-state index contributed by atoms with van der Waals surface area (Å²) in [6.45, 7) is 1.78. The van der Waals surface area contributed by atoms with Gasteiger partial charge in [0.05, 0.1) is 5.56 Å². The van der Waals surface area contributed by atoms with Crippen LogP contribution in [-0.2, 0) is 0 Å². The summed E-state index contributed by atoms with van der Waals surface area (Å²) in [5.74, 6) is -0.504. The molecule has 2 rings (SSSR count). The smallest absolute Gasteiger partial charge is 0.198 e. The maximum absolute atomic E-state index is 13.0. The van der Waals surface area contributed by atoms with E-state index < -0.39 is 5.82 Å². The standard InChI is InChI=1S/C13H10BrFN2O/c1-7-4-5-17-13(16)11(7)12(18)9-3-2-8(15)6-10(9)14/h2-6H,1H3,(H2,16,17). The number of anilines is 1. The van der Waals surface area contributed by atoms with Crippen LogP contribution in [0.15, 0.2) is 34.9 Å². The Balaban J connectivity index is 2.55. The predicted octanol–water partition coefficient (Wildman–Crippen LogP) is 3.10. The largest absolute Gasteiger partial charge is 0.383 e. The quantitative estimate of drug-likeness (QED) is 0.867. The fourth-order valence-electron chi connectivity index (χ4n) is 1.68. The molecule has 0 atom stereocenters. The van der Waals surface area contributed by atoms with Crippen LogP contribution in [0.4, 0.5) is 10.2 Å². The number of nitrogens with zero attached hydrogens (tertiary/aromatic N) is 1. The van der Waals surface area contributed by atoms with Crippen molar-refractivity contribution >= 4 is 27.5 Å². The zero-order valence-corrected chi connectivity index (χ0v) is 11.2. The average molecular weight is 309 g/mol. The van der Waals surface area contributed by atoms with Crippen LogP contribution < -0.4 is 5.73 Å². The molecule has 1 heterocycles. The van der Waals surface area contributed by atoms with Crippen molar-refractivity contribution in [1.82, 2.24) is 4.98 Å². The number of aromatic nitrogens is 1. The summed E-state index contributed by atoms with van der Waals surface area (Å²) in [6, 6.07) is 5.61. The lowest BCUT2D eigenvalue weighted by Crippen LogP contribution is -2.09. The maximum atomic E-state index is 13.0. The Hall–Kier alpha value is -1.75. The highest BCUT2D eigenvalue weighted by atomic mass is 79.9. The lowest BCUT2D eigenvalue weighted by Gasteiger charge is -2.08. The molecule has 2 N–H and O–H groups in total. The average Bonchev–Trinajstić information content (AvgIpc) is 2.28. The van der Waals surface area contributed by atoms with Gasteiger partial charge < -0.3 is 5.73 Å². The molecule has 0 aliphatic heterocycles. The molecule has 2 aromatic rings. The molecule has 0 aliphatic carbocycles. The molecule has 18 heavy (non-hydrogen) atoms. The molecule has 0 unspecified atom stereocenters. The summed E-state index contributed by atoms with van der Waals surface area (Å²) in [7, 11) is 0. The highest BCUT2D eigenvalue weighted by molar-refractivity contribution is 9.10. The molecular weight excluding hydrogens is 299 g/mol. The number of ketones is 1. The molecule has 1 aromatic heterocycles. The van der Waals surface area contributed by atoms with Crippen molar-refractivity contribution in [3.63, 3.8) is 0 Å². The lowest BCUT2D eigenvalue weighted by atomic mass is 10.00. The van der Waals surface area contributed by atoms with Crippen LogP contribution >= 0.6 is 15.9 Å². The number of carbonyl (C=O) groups is 1. The van der Waals surface area contributed by atoms with Crippen LogP contribution in [0.2, 0.25) is 0 Å². The normalized spacial score (nSPS) is 10.4. The molecule has 0 saturated carbocycles. The Kier molecular flexibility index (Phi) is 3.43. The molecule has 5 heteroatoms. The molecule has 1 aromatic carbocycles. The van der Waals surface area contributed by atoms with Crippen molar-refractivity contribution < 1.29 is 9.18 Å². The molecule has 92 valence electrons. The van der Waals surface area contributed by atoms with Crippen molar-refractivity contribution in [2.24, 2.45) is 0 Å². The number of aryl methyl sites for hydroxylation is 1. The van der Waals surface area contributed by atoms with Gasteiger partial charge in [-0.2, -0.15) is 0 Å². The molecule has 3 nitrogen and oxygen atoms in total. The first-order valence-corrected chi connectivity index (χ1v) is 6.01. The van der Waals surface area contributed by atoms with Gasteiger partial charge in [-0.1, -0.05) is 0 Å². The van der Waals surface area contributed by atoms with Crippen molar-refractivity contribution in [2.45, 2.75) is 6.92 Å². The molecule has 0 spiro atoms.